The highest BCUT2D eigenvalue weighted by Crippen LogP contribution is 2.36. The van der Waals surface area contributed by atoms with E-state index in [1.807, 2.05) is 12.1 Å². The average molecular weight is 278 g/mol. The second-order valence-corrected chi connectivity index (χ2v) is 6.00. The van der Waals surface area contributed by atoms with E-state index >= 15 is 0 Å². The molecular weight excluding hydrogens is 262 g/mol. The van der Waals surface area contributed by atoms with Gasteiger partial charge in [0.05, 0.1) is 10.7 Å². The van der Waals surface area contributed by atoms with Crippen molar-refractivity contribution in [3.8, 4) is 0 Å². The first-order valence-corrected chi connectivity index (χ1v) is 6.97. The van der Waals surface area contributed by atoms with Crippen molar-refractivity contribution in [2.24, 2.45) is 0 Å². The SMILES string of the molecule is Cc1ccc(Sc2cc(Cl)c(N)cc2C)c(C)c1. The first-order chi connectivity index (χ1) is 8.47. The number of benzene rings is 2. The van der Waals surface area contributed by atoms with Crippen LogP contribution in [-0.2, 0) is 0 Å². The number of anilines is 1. The highest BCUT2D eigenvalue weighted by molar-refractivity contribution is 7.99. The lowest BCUT2D eigenvalue weighted by atomic mass is 10.2. The number of hydrogen-bond donors (Lipinski definition) is 1. The predicted molar refractivity (Wildman–Crippen MR) is 80.6 cm³/mol. The van der Waals surface area contributed by atoms with Gasteiger partial charge < -0.3 is 5.73 Å². The van der Waals surface area contributed by atoms with E-state index < -0.39 is 0 Å². The van der Waals surface area contributed by atoms with Crippen LogP contribution in [-0.4, -0.2) is 0 Å². The molecule has 0 unspecified atom stereocenters. The molecule has 0 saturated carbocycles. The van der Waals surface area contributed by atoms with Crippen LogP contribution in [0.4, 0.5) is 5.69 Å². The second-order valence-electron chi connectivity index (χ2n) is 4.51. The normalized spacial score (nSPS) is 10.7. The molecule has 2 rings (SSSR count). The van der Waals surface area contributed by atoms with Crippen LogP contribution in [0.1, 0.15) is 16.7 Å². The summed E-state index contributed by atoms with van der Waals surface area (Å²) in [5.74, 6) is 0. The van der Waals surface area contributed by atoms with E-state index in [9.17, 15) is 0 Å². The van der Waals surface area contributed by atoms with Gasteiger partial charge in [-0.25, -0.2) is 0 Å². The number of nitrogens with two attached hydrogens (primary N) is 1. The van der Waals surface area contributed by atoms with Crippen LogP contribution in [0.25, 0.3) is 0 Å². The van der Waals surface area contributed by atoms with Crippen LogP contribution in [0.3, 0.4) is 0 Å². The molecule has 2 aromatic carbocycles. The Kier molecular flexibility index (Phi) is 3.88. The minimum Gasteiger partial charge on any atom is -0.398 e. The van der Waals surface area contributed by atoms with Gasteiger partial charge in [0.15, 0.2) is 0 Å². The number of hydrogen-bond acceptors (Lipinski definition) is 2. The third-order valence-electron chi connectivity index (χ3n) is 2.84. The third-order valence-corrected chi connectivity index (χ3v) is 4.51. The zero-order valence-corrected chi connectivity index (χ0v) is 12.3. The van der Waals surface area contributed by atoms with Gasteiger partial charge in [0.1, 0.15) is 0 Å². The second kappa shape index (κ2) is 5.25. The predicted octanol–water partition coefficient (Wildman–Crippen LogP) is 5.00. The fourth-order valence-corrected chi connectivity index (χ4v) is 3.05. The Morgan fingerprint density at radius 2 is 1.61 bits per heavy atom. The first kappa shape index (κ1) is 13.3. The summed E-state index contributed by atoms with van der Waals surface area (Å²) in [6.07, 6.45) is 0. The Labute approximate surface area is 117 Å². The maximum atomic E-state index is 6.08. The summed E-state index contributed by atoms with van der Waals surface area (Å²) in [5, 5.41) is 0.618. The van der Waals surface area contributed by atoms with Crippen molar-refractivity contribution in [3.05, 3.63) is 52.0 Å². The van der Waals surface area contributed by atoms with Crippen LogP contribution in [0.2, 0.25) is 5.02 Å². The molecule has 0 aliphatic rings. The van der Waals surface area contributed by atoms with Gasteiger partial charge in [-0.1, -0.05) is 41.1 Å². The molecule has 0 atom stereocenters. The summed E-state index contributed by atoms with van der Waals surface area (Å²) in [6.45, 7) is 6.29. The van der Waals surface area contributed by atoms with Crippen molar-refractivity contribution in [2.45, 2.75) is 30.6 Å². The van der Waals surface area contributed by atoms with Gasteiger partial charge in [0.2, 0.25) is 0 Å². The van der Waals surface area contributed by atoms with Crippen molar-refractivity contribution in [3.63, 3.8) is 0 Å². The summed E-state index contributed by atoms with van der Waals surface area (Å²) in [7, 11) is 0. The van der Waals surface area contributed by atoms with Crippen LogP contribution in [0, 0.1) is 20.8 Å². The molecule has 3 heteroatoms. The molecule has 0 amide bonds. The van der Waals surface area contributed by atoms with Gasteiger partial charge in [-0.3, -0.25) is 0 Å². The van der Waals surface area contributed by atoms with Gasteiger partial charge in [-0.15, -0.1) is 0 Å². The van der Waals surface area contributed by atoms with Gasteiger partial charge >= 0.3 is 0 Å². The monoisotopic (exact) mass is 277 g/mol. The Bertz CT molecular complexity index is 593. The molecule has 0 bridgehead atoms. The minimum atomic E-state index is 0.618. The Hall–Kier alpha value is -1.12. The molecule has 0 saturated heterocycles. The highest BCUT2D eigenvalue weighted by Gasteiger charge is 2.07. The quantitative estimate of drug-likeness (QED) is 0.782. The zero-order valence-electron chi connectivity index (χ0n) is 10.8. The van der Waals surface area contributed by atoms with Crippen LogP contribution in [0.15, 0.2) is 40.1 Å². The summed E-state index contributed by atoms with van der Waals surface area (Å²) in [6, 6.07) is 10.3. The fourth-order valence-electron chi connectivity index (χ4n) is 1.83. The number of aryl methyl sites for hydroxylation is 3. The minimum absolute atomic E-state index is 0.618. The maximum absolute atomic E-state index is 6.08. The molecule has 0 fully saturated rings. The van der Waals surface area contributed by atoms with Crippen LogP contribution < -0.4 is 5.73 Å². The van der Waals surface area contributed by atoms with Gasteiger partial charge in [0, 0.05) is 9.79 Å². The molecule has 94 valence electrons. The number of nitrogen functional groups attached to an aromatic ring is 1. The zero-order chi connectivity index (χ0) is 13.3. The van der Waals surface area contributed by atoms with Gasteiger partial charge in [-0.05, 0) is 50.1 Å². The molecular formula is C15H16ClNS. The molecule has 0 aliphatic heterocycles. The van der Waals surface area contributed by atoms with Crippen molar-refractivity contribution < 1.29 is 0 Å². The molecule has 2 aromatic rings. The van der Waals surface area contributed by atoms with E-state index in [1.54, 1.807) is 11.8 Å². The third kappa shape index (κ3) is 2.82. The Morgan fingerprint density at radius 3 is 2.28 bits per heavy atom. The van der Waals surface area contributed by atoms with Crippen molar-refractivity contribution in [1.82, 2.24) is 0 Å². The molecule has 18 heavy (non-hydrogen) atoms. The lowest BCUT2D eigenvalue weighted by molar-refractivity contribution is 1.24. The molecule has 0 radical (unpaired) electrons. The molecule has 0 aromatic heterocycles. The van der Waals surface area contributed by atoms with E-state index in [0.717, 1.165) is 10.5 Å². The lowest BCUT2D eigenvalue weighted by Gasteiger charge is -2.10. The Balaban J connectivity index is 2.37. The summed E-state index contributed by atoms with van der Waals surface area (Å²) in [5.41, 5.74) is 10.2. The smallest absolute Gasteiger partial charge is 0.0646 e. The van der Waals surface area contributed by atoms with E-state index in [1.165, 1.54) is 16.0 Å². The molecule has 2 N–H and O–H groups in total. The van der Waals surface area contributed by atoms with Crippen molar-refractivity contribution in [2.75, 3.05) is 5.73 Å². The summed E-state index contributed by atoms with van der Waals surface area (Å²) >= 11 is 7.81. The molecule has 0 heterocycles. The average Bonchev–Trinajstić information content (AvgIpc) is 2.29. The standard InChI is InChI=1S/C15H16ClNS/c1-9-4-5-14(10(2)6-9)18-15-8-12(16)13(17)7-11(15)3/h4-8H,17H2,1-3H3. The lowest BCUT2D eigenvalue weighted by Crippen LogP contribution is -1.90. The first-order valence-electron chi connectivity index (χ1n) is 5.78. The van der Waals surface area contributed by atoms with Crippen molar-refractivity contribution >= 4 is 29.1 Å². The largest absolute Gasteiger partial charge is 0.398 e. The van der Waals surface area contributed by atoms with Crippen LogP contribution in [0.5, 0.6) is 0 Å². The summed E-state index contributed by atoms with van der Waals surface area (Å²) in [4.78, 5) is 2.41. The van der Waals surface area contributed by atoms with E-state index in [2.05, 4.69) is 39.0 Å². The van der Waals surface area contributed by atoms with Crippen LogP contribution >= 0.6 is 23.4 Å². The van der Waals surface area contributed by atoms with Crippen molar-refractivity contribution in [1.29, 1.82) is 0 Å². The Morgan fingerprint density at radius 1 is 0.944 bits per heavy atom. The maximum Gasteiger partial charge on any atom is 0.0646 e. The van der Waals surface area contributed by atoms with E-state index in [4.69, 9.17) is 17.3 Å². The van der Waals surface area contributed by atoms with Gasteiger partial charge in [0.25, 0.3) is 0 Å². The topological polar surface area (TPSA) is 26.0 Å². The van der Waals surface area contributed by atoms with E-state index in [-0.39, 0.29) is 0 Å². The highest BCUT2D eigenvalue weighted by atomic mass is 35.5. The summed E-state index contributed by atoms with van der Waals surface area (Å²) < 4.78 is 0. The fraction of sp³-hybridized carbons (Fsp3) is 0.200. The molecule has 1 nitrogen and oxygen atoms in total. The van der Waals surface area contributed by atoms with Gasteiger partial charge in [-0.2, -0.15) is 0 Å². The molecule has 0 spiro atoms. The van der Waals surface area contributed by atoms with E-state index in [0.29, 0.717) is 10.7 Å². The molecule has 0 aliphatic carbocycles. The number of rotatable bonds is 2. The number of halogens is 1.